The minimum atomic E-state index is -3.14. The van der Waals surface area contributed by atoms with Gasteiger partial charge in [-0.05, 0) is 51.0 Å². The summed E-state index contributed by atoms with van der Waals surface area (Å²) >= 11 is 0. The number of nitrogens with one attached hydrogen (secondary N) is 1. The molecular weight excluding hydrogens is 484 g/mol. The topological polar surface area (TPSA) is 122 Å². The molecule has 36 heavy (non-hydrogen) atoms. The zero-order valence-corrected chi connectivity index (χ0v) is 21.9. The van der Waals surface area contributed by atoms with Gasteiger partial charge in [0.15, 0.2) is 27.0 Å². The summed E-state index contributed by atoms with van der Waals surface area (Å²) in [5, 5.41) is 8.22. The predicted molar refractivity (Wildman–Crippen MR) is 137 cm³/mol. The van der Waals surface area contributed by atoms with E-state index >= 15 is 0 Å². The summed E-state index contributed by atoms with van der Waals surface area (Å²) in [6, 6.07) is 6.82. The number of ether oxygens (including phenoxy) is 3. The summed E-state index contributed by atoms with van der Waals surface area (Å²) in [4.78, 5) is 18.2. The Balaban J connectivity index is 1.81. The molecule has 3 aromatic rings. The fourth-order valence-corrected chi connectivity index (χ4v) is 6.17. The van der Waals surface area contributed by atoms with Gasteiger partial charge in [0.25, 0.3) is 5.91 Å². The predicted octanol–water partition coefficient (Wildman–Crippen LogP) is 2.94. The van der Waals surface area contributed by atoms with Crippen LogP contribution in [-0.4, -0.2) is 74.6 Å². The molecule has 1 aromatic carbocycles. The smallest absolute Gasteiger partial charge is 0.252 e. The highest BCUT2D eigenvalue weighted by Gasteiger charge is 2.32. The number of fused-ring (bicyclic) bond motifs is 1. The van der Waals surface area contributed by atoms with Gasteiger partial charge in [-0.1, -0.05) is 0 Å². The van der Waals surface area contributed by atoms with Crippen LogP contribution in [0.1, 0.15) is 41.9 Å². The lowest BCUT2D eigenvalue weighted by Gasteiger charge is -2.13. The highest BCUT2D eigenvalue weighted by Crippen LogP contribution is 2.35. The van der Waals surface area contributed by atoms with E-state index in [0.29, 0.717) is 72.1 Å². The van der Waals surface area contributed by atoms with E-state index in [0.717, 1.165) is 5.56 Å². The fraction of sp³-hybridized carbons (Fsp3) is 0.480. The minimum absolute atomic E-state index is 0.00441. The van der Waals surface area contributed by atoms with Crippen molar-refractivity contribution in [3.05, 3.63) is 35.5 Å². The maximum Gasteiger partial charge on any atom is 0.252 e. The van der Waals surface area contributed by atoms with Gasteiger partial charge in [-0.25, -0.2) is 18.1 Å². The highest BCUT2D eigenvalue weighted by molar-refractivity contribution is 7.91. The number of sulfone groups is 1. The van der Waals surface area contributed by atoms with Crippen molar-refractivity contribution in [2.75, 3.05) is 45.5 Å². The minimum Gasteiger partial charge on any atom is -0.493 e. The van der Waals surface area contributed by atoms with E-state index in [1.165, 1.54) is 0 Å². The standard InChI is InChI=1S/C25H32N4O6S/c1-5-35-11-6-10-26-25(30)19-14-20(17-7-8-21(33-3)22(13-17)34-4)27-24-23(19)16(2)28-29(24)18-9-12-36(31,32)15-18/h7-8,13-14,18H,5-6,9-12,15H2,1-4H3,(H,26,30). The van der Waals surface area contributed by atoms with E-state index in [1.807, 2.05) is 19.9 Å². The molecule has 1 fully saturated rings. The van der Waals surface area contributed by atoms with Crippen molar-refractivity contribution in [3.8, 4) is 22.8 Å². The second-order valence-corrected chi connectivity index (χ2v) is 10.9. The third-order valence-corrected chi connectivity index (χ3v) is 8.02. The van der Waals surface area contributed by atoms with Gasteiger partial charge < -0.3 is 19.5 Å². The molecule has 3 heterocycles. The largest absolute Gasteiger partial charge is 0.493 e. The normalized spacial score (nSPS) is 16.8. The van der Waals surface area contributed by atoms with Crippen molar-refractivity contribution in [1.29, 1.82) is 0 Å². The number of amides is 1. The van der Waals surface area contributed by atoms with Gasteiger partial charge >= 0.3 is 0 Å². The van der Waals surface area contributed by atoms with Gasteiger partial charge in [-0.2, -0.15) is 5.10 Å². The Bertz CT molecular complexity index is 1370. The van der Waals surface area contributed by atoms with Crippen molar-refractivity contribution in [1.82, 2.24) is 20.1 Å². The number of hydrogen-bond acceptors (Lipinski definition) is 8. The Labute approximate surface area is 210 Å². The van der Waals surface area contributed by atoms with Gasteiger partial charge in [0.05, 0.1) is 54.1 Å². The van der Waals surface area contributed by atoms with Crippen LogP contribution in [0.15, 0.2) is 24.3 Å². The number of hydrogen-bond donors (Lipinski definition) is 1. The zero-order chi connectivity index (χ0) is 25.9. The van der Waals surface area contributed by atoms with Gasteiger partial charge in [-0.3, -0.25) is 4.79 Å². The third-order valence-electron chi connectivity index (χ3n) is 6.27. The number of aromatic nitrogens is 3. The molecule has 11 heteroatoms. The van der Waals surface area contributed by atoms with E-state index in [2.05, 4.69) is 10.4 Å². The quantitative estimate of drug-likeness (QED) is 0.408. The molecule has 2 aromatic heterocycles. The van der Waals surface area contributed by atoms with Crippen LogP contribution in [0.4, 0.5) is 0 Å². The van der Waals surface area contributed by atoms with Crippen LogP contribution < -0.4 is 14.8 Å². The lowest BCUT2D eigenvalue weighted by Crippen LogP contribution is -2.25. The number of methoxy groups -OCH3 is 2. The van der Waals surface area contributed by atoms with Crippen molar-refractivity contribution >= 4 is 26.8 Å². The van der Waals surface area contributed by atoms with Crippen LogP contribution in [0.3, 0.4) is 0 Å². The van der Waals surface area contributed by atoms with Crippen LogP contribution in [0.2, 0.25) is 0 Å². The first-order valence-corrected chi connectivity index (χ1v) is 13.8. The number of carbonyl (C=O) groups excluding carboxylic acids is 1. The lowest BCUT2D eigenvalue weighted by molar-refractivity contribution is 0.0945. The molecule has 0 saturated carbocycles. The zero-order valence-electron chi connectivity index (χ0n) is 21.0. The third kappa shape index (κ3) is 5.31. The molecular formula is C25H32N4O6S. The molecule has 1 aliphatic rings. The number of benzene rings is 1. The summed E-state index contributed by atoms with van der Waals surface area (Å²) in [7, 11) is -0.0221. The number of rotatable bonds is 10. The van der Waals surface area contributed by atoms with Crippen LogP contribution in [0, 0.1) is 6.92 Å². The second-order valence-electron chi connectivity index (χ2n) is 8.72. The van der Waals surface area contributed by atoms with Crippen LogP contribution in [0.25, 0.3) is 22.3 Å². The second kappa shape index (κ2) is 10.8. The monoisotopic (exact) mass is 516 g/mol. The molecule has 194 valence electrons. The molecule has 1 atom stereocenters. The molecule has 1 saturated heterocycles. The summed E-state index contributed by atoms with van der Waals surface area (Å²) in [5.74, 6) is 0.977. The van der Waals surface area contributed by atoms with Crippen molar-refractivity contribution in [2.45, 2.75) is 32.7 Å². The van der Waals surface area contributed by atoms with E-state index in [-0.39, 0.29) is 23.5 Å². The Morgan fingerprint density at radius 3 is 2.64 bits per heavy atom. The van der Waals surface area contributed by atoms with Crippen molar-refractivity contribution < 1.29 is 27.4 Å². The Morgan fingerprint density at radius 1 is 1.19 bits per heavy atom. The molecule has 10 nitrogen and oxygen atoms in total. The Morgan fingerprint density at radius 2 is 1.97 bits per heavy atom. The summed E-state index contributed by atoms with van der Waals surface area (Å²) < 4.78 is 42.2. The van der Waals surface area contributed by atoms with Gasteiger partial charge in [-0.15, -0.1) is 0 Å². The average Bonchev–Trinajstić information content (AvgIpc) is 3.41. The van der Waals surface area contributed by atoms with Gasteiger partial charge in [0.2, 0.25) is 0 Å². The van der Waals surface area contributed by atoms with E-state index in [9.17, 15) is 13.2 Å². The molecule has 0 spiro atoms. The Hall–Kier alpha value is -3.18. The van der Waals surface area contributed by atoms with Crippen molar-refractivity contribution in [3.63, 3.8) is 0 Å². The van der Waals surface area contributed by atoms with E-state index < -0.39 is 9.84 Å². The maximum absolute atomic E-state index is 13.3. The molecule has 1 N–H and O–H groups in total. The average molecular weight is 517 g/mol. The SMILES string of the molecule is CCOCCCNC(=O)c1cc(-c2ccc(OC)c(OC)c2)nc2c1c(C)nn2C1CCS(=O)(=O)C1. The van der Waals surface area contributed by atoms with Crippen LogP contribution in [0.5, 0.6) is 11.5 Å². The van der Waals surface area contributed by atoms with Crippen LogP contribution >= 0.6 is 0 Å². The molecule has 0 bridgehead atoms. The first-order valence-electron chi connectivity index (χ1n) is 12.0. The number of carbonyl (C=O) groups is 1. The van der Waals surface area contributed by atoms with Crippen molar-refractivity contribution in [2.24, 2.45) is 0 Å². The number of aryl methyl sites for hydroxylation is 1. The Kier molecular flexibility index (Phi) is 7.79. The molecule has 4 rings (SSSR count). The van der Waals surface area contributed by atoms with E-state index in [1.54, 1.807) is 37.1 Å². The maximum atomic E-state index is 13.3. The summed E-state index contributed by atoms with van der Waals surface area (Å²) in [6.07, 6.45) is 1.15. The molecule has 1 amide bonds. The molecule has 0 radical (unpaired) electrons. The first-order chi connectivity index (χ1) is 17.3. The molecule has 0 aliphatic carbocycles. The fourth-order valence-electron chi connectivity index (χ4n) is 4.47. The number of nitrogens with zero attached hydrogens (tertiary/aromatic N) is 3. The van der Waals surface area contributed by atoms with Crippen LogP contribution in [-0.2, 0) is 14.6 Å². The van der Waals surface area contributed by atoms with Gasteiger partial charge in [0, 0.05) is 25.3 Å². The number of pyridine rings is 1. The van der Waals surface area contributed by atoms with E-state index in [4.69, 9.17) is 19.2 Å². The van der Waals surface area contributed by atoms with Gasteiger partial charge in [0.1, 0.15) is 0 Å². The summed E-state index contributed by atoms with van der Waals surface area (Å²) in [6.45, 7) is 5.39. The molecule has 1 aliphatic heterocycles. The molecule has 1 unspecified atom stereocenters. The lowest BCUT2D eigenvalue weighted by atomic mass is 10.0. The summed E-state index contributed by atoms with van der Waals surface area (Å²) in [5.41, 5.74) is 2.82. The highest BCUT2D eigenvalue weighted by atomic mass is 32.2. The first kappa shape index (κ1) is 25.9.